The summed E-state index contributed by atoms with van der Waals surface area (Å²) < 4.78 is 12.6. The Balaban J connectivity index is 2.20. The van der Waals surface area contributed by atoms with Crippen LogP contribution < -0.4 is 10.9 Å². The van der Waals surface area contributed by atoms with E-state index in [4.69, 9.17) is 0 Å². The maximum absolute atomic E-state index is 12.6. The van der Waals surface area contributed by atoms with Gasteiger partial charge in [0.2, 0.25) is 0 Å². The molecule has 1 amide bonds. The highest BCUT2D eigenvalue weighted by atomic mass is 19.1. The summed E-state index contributed by atoms with van der Waals surface area (Å²) in [4.78, 5) is 25.4. The first kappa shape index (κ1) is 11.1. The SMILES string of the molecule is O=C(Nc1ccc(F)cc1)c1ccc[nH]c1=O. The van der Waals surface area contributed by atoms with Crippen molar-refractivity contribution < 1.29 is 9.18 Å². The second-order valence-corrected chi connectivity index (χ2v) is 3.37. The highest BCUT2D eigenvalue weighted by Gasteiger charge is 2.09. The molecule has 0 aliphatic rings. The van der Waals surface area contributed by atoms with Crippen LogP contribution in [0.25, 0.3) is 0 Å². The van der Waals surface area contributed by atoms with Gasteiger partial charge in [-0.2, -0.15) is 0 Å². The van der Waals surface area contributed by atoms with Crippen LogP contribution in [0.3, 0.4) is 0 Å². The number of amides is 1. The molecule has 0 unspecified atom stereocenters. The number of halogens is 1. The van der Waals surface area contributed by atoms with E-state index < -0.39 is 11.5 Å². The largest absolute Gasteiger partial charge is 0.328 e. The molecule has 4 nitrogen and oxygen atoms in total. The van der Waals surface area contributed by atoms with Crippen molar-refractivity contribution in [3.8, 4) is 0 Å². The third-order valence-electron chi connectivity index (χ3n) is 2.16. The number of carbonyl (C=O) groups is 1. The number of rotatable bonds is 2. The van der Waals surface area contributed by atoms with E-state index in [2.05, 4.69) is 10.3 Å². The first-order chi connectivity index (χ1) is 8.16. The fraction of sp³-hybridized carbons (Fsp3) is 0. The lowest BCUT2D eigenvalue weighted by atomic mass is 10.2. The summed E-state index contributed by atoms with van der Waals surface area (Å²) in [6, 6.07) is 8.27. The van der Waals surface area contributed by atoms with Crippen molar-refractivity contribution in [3.63, 3.8) is 0 Å². The Bertz CT molecular complexity index is 590. The number of hydrogen-bond donors (Lipinski definition) is 2. The minimum atomic E-state index is -0.529. The number of nitrogens with one attached hydrogen (secondary N) is 2. The molecule has 0 aliphatic carbocycles. The van der Waals surface area contributed by atoms with E-state index in [0.717, 1.165) is 0 Å². The standard InChI is InChI=1S/C12H9FN2O2/c13-8-3-5-9(6-4-8)15-12(17)10-2-1-7-14-11(10)16/h1-7H,(H,14,16)(H,15,17). The summed E-state index contributed by atoms with van der Waals surface area (Å²) in [5, 5.41) is 2.50. The van der Waals surface area contributed by atoms with Crippen LogP contribution in [0, 0.1) is 5.82 Å². The Morgan fingerprint density at radius 3 is 2.53 bits per heavy atom. The molecule has 1 aromatic heterocycles. The normalized spacial score (nSPS) is 9.94. The molecule has 2 aromatic rings. The van der Waals surface area contributed by atoms with Gasteiger partial charge in [0.15, 0.2) is 0 Å². The Hall–Kier alpha value is -2.43. The fourth-order valence-electron chi connectivity index (χ4n) is 1.33. The van der Waals surface area contributed by atoms with Gasteiger partial charge in [-0.05, 0) is 36.4 Å². The topological polar surface area (TPSA) is 62.0 Å². The lowest BCUT2D eigenvalue weighted by Gasteiger charge is -2.03. The van der Waals surface area contributed by atoms with Crippen LogP contribution in [0.4, 0.5) is 10.1 Å². The molecule has 17 heavy (non-hydrogen) atoms. The molecule has 1 aromatic carbocycles. The molecule has 0 bridgehead atoms. The van der Waals surface area contributed by atoms with Crippen molar-refractivity contribution in [3.05, 3.63) is 64.3 Å². The Kier molecular flexibility index (Phi) is 3.00. The molecule has 0 atom stereocenters. The molecule has 1 heterocycles. The number of anilines is 1. The second kappa shape index (κ2) is 4.61. The van der Waals surface area contributed by atoms with Gasteiger partial charge in [-0.15, -0.1) is 0 Å². The molecule has 0 aliphatic heterocycles. The van der Waals surface area contributed by atoms with Gasteiger partial charge >= 0.3 is 0 Å². The van der Waals surface area contributed by atoms with Gasteiger partial charge in [0, 0.05) is 11.9 Å². The van der Waals surface area contributed by atoms with E-state index >= 15 is 0 Å². The average molecular weight is 232 g/mol. The second-order valence-electron chi connectivity index (χ2n) is 3.37. The first-order valence-corrected chi connectivity index (χ1v) is 4.91. The third-order valence-corrected chi connectivity index (χ3v) is 2.16. The highest BCUT2D eigenvalue weighted by Crippen LogP contribution is 2.09. The van der Waals surface area contributed by atoms with E-state index in [0.29, 0.717) is 5.69 Å². The summed E-state index contributed by atoms with van der Waals surface area (Å²) in [5.74, 6) is -0.918. The van der Waals surface area contributed by atoms with Crippen molar-refractivity contribution in [1.29, 1.82) is 0 Å². The highest BCUT2D eigenvalue weighted by molar-refractivity contribution is 6.03. The maximum Gasteiger partial charge on any atom is 0.261 e. The van der Waals surface area contributed by atoms with Crippen LogP contribution >= 0.6 is 0 Å². The van der Waals surface area contributed by atoms with Crippen LogP contribution in [-0.4, -0.2) is 10.9 Å². The zero-order valence-electron chi connectivity index (χ0n) is 8.74. The van der Waals surface area contributed by atoms with E-state index in [9.17, 15) is 14.0 Å². The molecule has 86 valence electrons. The molecular weight excluding hydrogens is 223 g/mol. The number of aromatic nitrogens is 1. The maximum atomic E-state index is 12.6. The van der Waals surface area contributed by atoms with Gasteiger partial charge in [0.25, 0.3) is 11.5 Å². The van der Waals surface area contributed by atoms with Crippen molar-refractivity contribution in [2.75, 3.05) is 5.32 Å². The predicted octanol–water partition coefficient (Wildman–Crippen LogP) is 1.77. The first-order valence-electron chi connectivity index (χ1n) is 4.91. The van der Waals surface area contributed by atoms with Crippen LogP contribution in [0.1, 0.15) is 10.4 Å². The van der Waals surface area contributed by atoms with Gasteiger partial charge < -0.3 is 10.3 Å². The number of aromatic amines is 1. The summed E-state index contributed by atoms with van der Waals surface area (Å²) in [6.07, 6.45) is 1.44. The Morgan fingerprint density at radius 2 is 1.88 bits per heavy atom. The van der Waals surface area contributed by atoms with Crippen LogP contribution in [0.5, 0.6) is 0 Å². The quantitative estimate of drug-likeness (QED) is 0.828. The van der Waals surface area contributed by atoms with Crippen LogP contribution in [0.2, 0.25) is 0 Å². The zero-order chi connectivity index (χ0) is 12.3. The molecule has 0 saturated heterocycles. The Labute approximate surface area is 96.1 Å². The van der Waals surface area contributed by atoms with Gasteiger partial charge in [-0.3, -0.25) is 9.59 Å². The van der Waals surface area contributed by atoms with Gasteiger partial charge in [-0.25, -0.2) is 4.39 Å². The van der Waals surface area contributed by atoms with Gasteiger partial charge in [-0.1, -0.05) is 0 Å². The zero-order valence-corrected chi connectivity index (χ0v) is 8.74. The minimum Gasteiger partial charge on any atom is -0.328 e. The smallest absolute Gasteiger partial charge is 0.261 e. The molecule has 2 rings (SSSR count). The Morgan fingerprint density at radius 1 is 1.18 bits per heavy atom. The van der Waals surface area contributed by atoms with Crippen molar-refractivity contribution in [2.24, 2.45) is 0 Å². The molecule has 0 fully saturated rings. The van der Waals surface area contributed by atoms with Crippen molar-refractivity contribution in [1.82, 2.24) is 4.98 Å². The number of carbonyl (C=O) groups excluding carboxylic acids is 1. The molecule has 5 heteroatoms. The molecule has 0 radical (unpaired) electrons. The number of H-pyrrole nitrogens is 1. The minimum absolute atomic E-state index is 0.0109. The molecular formula is C12H9FN2O2. The van der Waals surface area contributed by atoms with E-state index in [1.807, 2.05) is 0 Å². The molecule has 2 N–H and O–H groups in total. The van der Waals surface area contributed by atoms with E-state index in [1.165, 1.54) is 36.5 Å². The van der Waals surface area contributed by atoms with Gasteiger partial charge in [0.1, 0.15) is 11.4 Å². The summed E-state index contributed by atoms with van der Waals surface area (Å²) in [5.41, 5.74) is -0.0245. The van der Waals surface area contributed by atoms with Crippen molar-refractivity contribution in [2.45, 2.75) is 0 Å². The summed E-state index contributed by atoms with van der Waals surface area (Å²) in [7, 11) is 0. The van der Waals surface area contributed by atoms with Crippen LogP contribution in [-0.2, 0) is 0 Å². The average Bonchev–Trinajstić information content (AvgIpc) is 2.32. The third kappa shape index (κ3) is 2.57. The number of pyridine rings is 1. The van der Waals surface area contributed by atoms with Gasteiger partial charge in [0.05, 0.1) is 0 Å². The number of benzene rings is 1. The molecule has 0 saturated carbocycles. The van der Waals surface area contributed by atoms with E-state index in [1.54, 1.807) is 6.07 Å². The lowest BCUT2D eigenvalue weighted by Crippen LogP contribution is -2.22. The lowest BCUT2D eigenvalue weighted by molar-refractivity contribution is 0.102. The number of hydrogen-bond acceptors (Lipinski definition) is 2. The molecule has 0 spiro atoms. The van der Waals surface area contributed by atoms with E-state index in [-0.39, 0.29) is 11.4 Å². The van der Waals surface area contributed by atoms with Crippen LogP contribution in [0.15, 0.2) is 47.4 Å². The van der Waals surface area contributed by atoms with Crippen molar-refractivity contribution >= 4 is 11.6 Å². The summed E-state index contributed by atoms with van der Waals surface area (Å²) in [6.45, 7) is 0. The monoisotopic (exact) mass is 232 g/mol. The fourth-order valence-corrected chi connectivity index (χ4v) is 1.33. The summed E-state index contributed by atoms with van der Waals surface area (Å²) >= 11 is 0. The predicted molar refractivity (Wildman–Crippen MR) is 61.4 cm³/mol.